The smallest absolute Gasteiger partial charge is 0.210 e. The number of ketones is 1. The van der Waals surface area contributed by atoms with Crippen molar-refractivity contribution in [2.45, 2.75) is 18.2 Å². The zero-order chi connectivity index (χ0) is 18.7. The number of hydrogen-bond acceptors (Lipinski definition) is 7. The van der Waals surface area contributed by atoms with Crippen LogP contribution >= 0.6 is 23.1 Å². The number of nitrogens with zero attached hydrogens (tertiary/aromatic N) is 3. The fourth-order valence-corrected chi connectivity index (χ4v) is 4.17. The van der Waals surface area contributed by atoms with Crippen molar-refractivity contribution >= 4 is 39.7 Å². The van der Waals surface area contributed by atoms with Crippen LogP contribution in [0.25, 0.3) is 0 Å². The summed E-state index contributed by atoms with van der Waals surface area (Å²) >= 11 is 2.82. The van der Waals surface area contributed by atoms with Crippen LogP contribution in [0, 0.1) is 13.8 Å². The molecule has 0 bridgehead atoms. The van der Waals surface area contributed by atoms with E-state index in [1.807, 2.05) is 55.8 Å². The molecule has 3 rings (SSSR count). The first kappa shape index (κ1) is 18.5. The maximum Gasteiger partial charge on any atom is 0.210 e. The number of aryl methyl sites for hydroxylation is 1. The highest BCUT2D eigenvalue weighted by atomic mass is 32.2. The first-order valence-electron chi connectivity index (χ1n) is 8.02. The van der Waals surface area contributed by atoms with E-state index in [0.717, 1.165) is 32.7 Å². The highest BCUT2D eigenvalue weighted by Crippen LogP contribution is 2.31. The third kappa shape index (κ3) is 3.91. The maximum atomic E-state index is 12.5. The summed E-state index contributed by atoms with van der Waals surface area (Å²) in [6.45, 7) is 3.96. The molecule has 2 heterocycles. The average Bonchev–Trinajstić information content (AvgIpc) is 3.20. The molecule has 26 heavy (non-hydrogen) atoms. The molecule has 2 aromatic heterocycles. The second-order valence-corrected chi connectivity index (χ2v) is 7.95. The Morgan fingerprint density at radius 1 is 1.31 bits per heavy atom. The third-order valence-electron chi connectivity index (χ3n) is 4.16. The number of nitrogens with one attached hydrogen (secondary N) is 1. The van der Waals surface area contributed by atoms with E-state index in [1.54, 1.807) is 7.11 Å². The summed E-state index contributed by atoms with van der Waals surface area (Å²) < 4.78 is 8.09. The summed E-state index contributed by atoms with van der Waals surface area (Å²) in [7, 11) is 3.59. The quantitative estimate of drug-likeness (QED) is 0.483. The van der Waals surface area contributed by atoms with Crippen molar-refractivity contribution in [1.29, 1.82) is 0 Å². The molecule has 6 nitrogen and oxygen atoms in total. The molecule has 0 aliphatic heterocycles. The predicted octanol–water partition coefficient (Wildman–Crippen LogP) is 4.22. The van der Waals surface area contributed by atoms with E-state index in [2.05, 4.69) is 15.5 Å². The number of benzene rings is 1. The SMILES string of the molecule is COc1ccccc1Nc1nnc(SCC(=O)c2cc(C)n(C)c2C)s1. The van der Waals surface area contributed by atoms with Crippen LogP contribution < -0.4 is 10.1 Å². The van der Waals surface area contributed by atoms with Crippen molar-refractivity contribution in [2.75, 3.05) is 18.2 Å². The maximum absolute atomic E-state index is 12.5. The molecule has 0 saturated carbocycles. The Bertz CT molecular complexity index is 933. The number of carbonyl (C=O) groups is 1. The van der Waals surface area contributed by atoms with Crippen molar-refractivity contribution < 1.29 is 9.53 Å². The molecule has 1 N–H and O–H groups in total. The fourth-order valence-electron chi connectivity index (χ4n) is 2.52. The third-order valence-corrected chi connectivity index (χ3v) is 6.13. The van der Waals surface area contributed by atoms with Gasteiger partial charge < -0.3 is 14.6 Å². The molecule has 1 aromatic carbocycles. The number of methoxy groups -OCH3 is 1. The van der Waals surface area contributed by atoms with Crippen molar-refractivity contribution in [3.8, 4) is 5.75 Å². The van der Waals surface area contributed by atoms with Gasteiger partial charge in [0.1, 0.15) is 5.75 Å². The standard InChI is InChI=1S/C18H20N4O2S2/c1-11-9-13(12(2)22(11)3)15(23)10-25-18-21-20-17(26-18)19-14-7-5-6-8-16(14)24-4/h5-9H,10H2,1-4H3,(H,19,20). The minimum Gasteiger partial charge on any atom is -0.495 e. The number of ether oxygens (including phenoxy) is 1. The van der Waals surface area contributed by atoms with Gasteiger partial charge in [-0.1, -0.05) is 35.2 Å². The van der Waals surface area contributed by atoms with E-state index in [4.69, 9.17) is 4.74 Å². The number of hydrogen-bond donors (Lipinski definition) is 1. The van der Waals surface area contributed by atoms with Crippen LogP contribution in [-0.4, -0.2) is 33.4 Å². The number of thioether (sulfide) groups is 1. The van der Waals surface area contributed by atoms with Gasteiger partial charge >= 0.3 is 0 Å². The monoisotopic (exact) mass is 388 g/mol. The van der Waals surface area contributed by atoms with Gasteiger partial charge in [-0.2, -0.15) is 0 Å². The van der Waals surface area contributed by atoms with Crippen LogP contribution in [0.4, 0.5) is 10.8 Å². The van der Waals surface area contributed by atoms with Gasteiger partial charge in [0.25, 0.3) is 0 Å². The first-order valence-corrected chi connectivity index (χ1v) is 9.82. The molecule has 8 heteroatoms. The number of para-hydroxylation sites is 2. The van der Waals surface area contributed by atoms with E-state index in [1.165, 1.54) is 23.1 Å². The van der Waals surface area contributed by atoms with Crippen LogP contribution in [0.2, 0.25) is 0 Å². The Morgan fingerprint density at radius 3 is 2.77 bits per heavy atom. The minimum atomic E-state index is 0.102. The summed E-state index contributed by atoms with van der Waals surface area (Å²) in [6.07, 6.45) is 0. The van der Waals surface area contributed by atoms with Gasteiger partial charge in [0, 0.05) is 24.0 Å². The zero-order valence-corrected chi connectivity index (χ0v) is 16.7. The van der Waals surface area contributed by atoms with E-state index >= 15 is 0 Å². The molecule has 0 spiro atoms. The average molecular weight is 389 g/mol. The van der Waals surface area contributed by atoms with E-state index in [0.29, 0.717) is 10.9 Å². The highest BCUT2D eigenvalue weighted by Gasteiger charge is 2.16. The van der Waals surface area contributed by atoms with Crippen LogP contribution in [0.1, 0.15) is 21.7 Å². The van der Waals surface area contributed by atoms with Crippen LogP contribution in [-0.2, 0) is 7.05 Å². The molecular formula is C18H20N4O2S2. The van der Waals surface area contributed by atoms with Gasteiger partial charge in [-0.05, 0) is 32.0 Å². The summed E-state index contributed by atoms with van der Waals surface area (Å²) in [4.78, 5) is 12.5. The second-order valence-electron chi connectivity index (χ2n) is 5.75. The Morgan fingerprint density at radius 2 is 2.08 bits per heavy atom. The molecule has 0 unspecified atom stereocenters. The number of carbonyl (C=O) groups excluding carboxylic acids is 1. The molecular weight excluding hydrogens is 368 g/mol. The second kappa shape index (κ2) is 7.92. The van der Waals surface area contributed by atoms with Gasteiger partial charge in [-0.3, -0.25) is 4.79 Å². The normalized spacial score (nSPS) is 10.8. The molecule has 0 radical (unpaired) electrons. The molecule has 0 atom stereocenters. The van der Waals surface area contributed by atoms with Crippen molar-refractivity contribution in [3.05, 3.63) is 47.3 Å². The van der Waals surface area contributed by atoms with Crippen LogP contribution in [0.15, 0.2) is 34.7 Å². The van der Waals surface area contributed by atoms with Crippen LogP contribution in [0.3, 0.4) is 0 Å². The lowest BCUT2D eigenvalue weighted by Crippen LogP contribution is -2.04. The van der Waals surface area contributed by atoms with Crippen molar-refractivity contribution in [1.82, 2.24) is 14.8 Å². The fraction of sp³-hybridized carbons (Fsp3) is 0.278. The first-order chi connectivity index (χ1) is 12.5. The van der Waals surface area contributed by atoms with Gasteiger partial charge in [0.2, 0.25) is 5.13 Å². The van der Waals surface area contributed by atoms with Gasteiger partial charge in [-0.15, -0.1) is 10.2 Å². The minimum absolute atomic E-state index is 0.102. The van der Waals surface area contributed by atoms with E-state index in [-0.39, 0.29) is 5.78 Å². The van der Waals surface area contributed by atoms with Crippen LogP contribution in [0.5, 0.6) is 5.75 Å². The Labute approximate surface area is 160 Å². The number of aromatic nitrogens is 3. The predicted molar refractivity (Wildman–Crippen MR) is 106 cm³/mol. The van der Waals surface area contributed by atoms with Gasteiger partial charge in [0.05, 0.1) is 18.6 Å². The number of Topliss-reactive ketones (excluding diaryl/α,β-unsaturated/α-hetero) is 1. The van der Waals surface area contributed by atoms with Gasteiger partial charge in [-0.25, -0.2) is 0 Å². The largest absolute Gasteiger partial charge is 0.495 e. The highest BCUT2D eigenvalue weighted by molar-refractivity contribution is 8.01. The number of rotatable bonds is 7. The Kier molecular flexibility index (Phi) is 5.63. The Hall–Kier alpha value is -2.32. The molecule has 0 saturated heterocycles. The summed E-state index contributed by atoms with van der Waals surface area (Å²) in [5.41, 5.74) is 3.67. The lowest BCUT2D eigenvalue weighted by atomic mass is 10.2. The lowest BCUT2D eigenvalue weighted by Gasteiger charge is -2.07. The van der Waals surface area contributed by atoms with Gasteiger partial charge in [0.15, 0.2) is 10.1 Å². The summed E-state index contributed by atoms with van der Waals surface area (Å²) in [6, 6.07) is 9.56. The molecule has 0 amide bonds. The molecule has 0 aliphatic carbocycles. The molecule has 0 aliphatic rings. The summed E-state index contributed by atoms with van der Waals surface area (Å²) in [5.74, 6) is 1.18. The lowest BCUT2D eigenvalue weighted by molar-refractivity contribution is 0.102. The topological polar surface area (TPSA) is 69.0 Å². The molecule has 3 aromatic rings. The van der Waals surface area contributed by atoms with E-state index < -0.39 is 0 Å². The van der Waals surface area contributed by atoms with E-state index in [9.17, 15) is 4.79 Å². The number of anilines is 2. The summed E-state index contributed by atoms with van der Waals surface area (Å²) in [5, 5.41) is 12.2. The van der Waals surface area contributed by atoms with Crippen molar-refractivity contribution in [2.24, 2.45) is 7.05 Å². The zero-order valence-electron chi connectivity index (χ0n) is 15.1. The molecule has 136 valence electrons. The van der Waals surface area contributed by atoms with Crippen molar-refractivity contribution in [3.63, 3.8) is 0 Å². The molecule has 0 fully saturated rings. The Balaban J connectivity index is 1.63.